The lowest BCUT2D eigenvalue weighted by Gasteiger charge is -2.34. The predicted molar refractivity (Wildman–Crippen MR) is 56.0 cm³/mol. The summed E-state index contributed by atoms with van der Waals surface area (Å²) < 4.78 is 0. The van der Waals surface area contributed by atoms with Crippen molar-refractivity contribution in [2.45, 2.75) is 47.0 Å². The van der Waals surface area contributed by atoms with Gasteiger partial charge in [-0.25, -0.2) is 0 Å². The fraction of sp³-hybridized carbons (Fsp3) is 0.833. The Morgan fingerprint density at radius 1 is 1.29 bits per heavy atom. The molecule has 1 saturated carbocycles. The third kappa shape index (κ3) is 2.05. The van der Waals surface area contributed by atoms with Gasteiger partial charge in [0.1, 0.15) is 11.6 Å². The van der Waals surface area contributed by atoms with Gasteiger partial charge in [0, 0.05) is 12.3 Å². The van der Waals surface area contributed by atoms with E-state index in [-0.39, 0.29) is 28.8 Å². The first-order chi connectivity index (χ1) is 6.38. The molecule has 14 heavy (non-hydrogen) atoms. The van der Waals surface area contributed by atoms with Crippen molar-refractivity contribution in [3.63, 3.8) is 0 Å². The highest BCUT2D eigenvalue weighted by molar-refractivity contribution is 6.06. The van der Waals surface area contributed by atoms with Crippen LogP contribution in [-0.4, -0.2) is 11.6 Å². The van der Waals surface area contributed by atoms with E-state index in [1.807, 2.05) is 27.7 Å². The molecule has 2 atom stereocenters. The Bertz CT molecular complexity index is 248. The second-order valence-electron chi connectivity index (χ2n) is 5.31. The summed E-state index contributed by atoms with van der Waals surface area (Å²) in [6.07, 6.45) is 2.23. The van der Waals surface area contributed by atoms with Crippen LogP contribution in [0.5, 0.6) is 0 Å². The molecule has 2 unspecified atom stereocenters. The average Bonchev–Trinajstić information content (AvgIpc) is 2.02. The summed E-state index contributed by atoms with van der Waals surface area (Å²) in [5.41, 5.74) is -0.206. The van der Waals surface area contributed by atoms with Gasteiger partial charge in [0.15, 0.2) is 0 Å². The number of carbonyl (C=O) groups excluding carboxylic acids is 2. The number of carbonyl (C=O) groups is 2. The summed E-state index contributed by atoms with van der Waals surface area (Å²) >= 11 is 0. The molecule has 0 saturated heterocycles. The van der Waals surface area contributed by atoms with E-state index in [0.717, 1.165) is 12.8 Å². The summed E-state index contributed by atoms with van der Waals surface area (Å²) in [5.74, 6) is 0.0848. The highest BCUT2D eigenvalue weighted by atomic mass is 16.2. The smallest absolute Gasteiger partial charge is 0.146 e. The monoisotopic (exact) mass is 196 g/mol. The molecule has 0 bridgehead atoms. The quantitative estimate of drug-likeness (QED) is 0.604. The SMILES string of the molecule is CCC1CCC(=O)C(C(C)(C)C)C1=O. The summed E-state index contributed by atoms with van der Waals surface area (Å²) in [5, 5.41) is 0. The Labute approximate surface area is 86.1 Å². The number of rotatable bonds is 1. The zero-order valence-corrected chi connectivity index (χ0v) is 9.59. The lowest BCUT2D eigenvalue weighted by molar-refractivity contribution is -0.143. The van der Waals surface area contributed by atoms with E-state index in [1.54, 1.807) is 0 Å². The molecule has 1 aliphatic rings. The molecule has 0 radical (unpaired) electrons. The number of ketones is 2. The maximum atomic E-state index is 12.0. The van der Waals surface area contributed by atoms with Crippen LogP contribution in [0, 0.1) is 17.3 Å². The Kier molecular flexibility index (Phi) is 3.13. The Hall–Kier alpha value is -0.660. The molecule has 0 amide bonds. The van der Waals surface area contributed by atoms with Crippen molar-refractivity contribution >= 4 is 11.6 Å². The highest BCUT2D eigenvalue weighted by Gasteiger charge is 2.42. The van der Waals surface area contributed by atoms with Crippen LogP contribution >= 0.6 is 0 Å². The molecule has 1 fully saturated rings. The second-order valence-corrected chi connectivity index (χ2v) is 5.31. The summed E-state index contributed by atoms with van der Waals surface area (Å²) in [6, 6.07) is 0. The molecule has 0 aromatic heterocycles. The van der Waals surface area contributed by atoms with Gasteiger partial charge < -0.3 is 0 Å². The van der Waals surface area contributed by atoms with E-state index in [2.05, 4.69) is 0 Å². The van der Waals surface area contributed by atoms with Crippen molar-refractivity contribution in [3.8, 4) is 0 Å². The third-order valence-electron chi connectivity index (χ3n) is 3.11. The zero-order chi connectivity index (χ0) is 10.9. The zero-order valence-electron chi connectivity index (χ0n) is 9.59. The van der Waals surface area contributed by atoms with Crippen LogP contribution in [0.25, 0.3) is 0 Å². The van der Waals surface area contributed by atoms with Crippen LogP contribution in [-0.2, 0) is 9.59 Å². The average molecular weight is 196 g/mol. The van der Waals surface area contributed by atoms with Gasteiger partial charge in [-0.05, 0) is 18.3 Å². The van der Waals surface area contributed by atoms with E-state index in [9.17, 15) is 9.59 Å². The normalized spacial score (nSPS) is 29.4. The topological polar surface area (TPSA) is 34.1 Å². The molecule has 1 aliphatic carbocycles. The van der Waals surface area contributed by atoms with E-state index < -0.39 is 0 Å². The molecular weight excluding hydrogens is 176 g/mol. The largest absolute Gasteiger partial charge is 0.299 e. The lowest BCUT2D eigenvalue weighted by Crippen LogP contribution is -2.42. The Morgan fingerprint density at radius 3 is 2.29 bits per heavy atom. The van der Waals surface area contributed by atoms with Crippen molar-refractivity contribution in [1.82, 2.24) is 0 Å². The molecule has 0 spiro atoms. The summed E-state index contributed by atoms with van der Waals surface area (Å²) in [6.45, 7) is 7.96. The van der Waals surface area contributed by atoms with Crippen molar-refractivity contribution in [1.29, 1.82) is 0 Å². The molecule has 0 aromatic rings. The van der Waals surface area contributed by atoms with Gasteiger partial charge in [-0.2, -0.15) is 0 Å². The van der Waals surface area contributed by atoms with Crippen LogP contribution < -0.4 is 0 Å². The molecule has 80 valence electrons. The minimum absolute atomic E-state index is 0.122. The first-order valence-corrected chi connectivity index (χ1v) is 5.44. The van der Waals surface area contributed by atoms with Gasteiger partial charge in [0.25, 0.3) is 0 Å². The molecule has 1 rings (SSSR count). The Balaban J connectivity index is 2.90. The number of hydrogen-bond acceptors (Lipinski definition) is 2. The van der Waals surface area contributed by atoms with Crippen LogP contribution in [0.15, 0.2) is 0 Å². The standard InChI is InChI=1S/C12H20O2/c1-5-8-6-7-9(13)10(11(8)14)12(2,3)4/h8,10H,5-7H2,1-4H3. The first-order valence-electron chi connectivity index (χ1n) is 5.44. The van der Waals surface area contributed by atoms with Crippen molar-refractivity contribution in [2.75, 3.05) is 0 Å². The molecular formula is C12H20O2. The molecule has 0 heterocycles. The minimum atomic E-state index is -0.360. The molecule has 2 heteroatoms. The third-order valence-corrected chi connectivity index (χ3v) is 3.11. The van der Waals surface area contributed by atoms with Crippen molar-refractivity contribution in [2.24, 2.45) is 17.3 Å². The maximum absolute atomic E-state index is 12.0. The van der Waals surface area contributed by atoms with Gasteiger partial charge in [-0.15, -0.1) is 0 Å². The van der Waals surface area contributed by atoms with Gasteiger partial charge in [-0.3, -0.25) is 9.59 Å². The van der Waals surface area contributed by atoms with Gasteiger partial charge in [0.2, 0.25) is 0 Å². The molecule has 0 aliphatic heterocycles. The maximum Gasteiger partial charge on any atom is 0.146 e. The summed E-state index contributed by atoms with van der Waals surface area (Å²) in [4.78, 5) is 23.7. The van der Waals surface area contributed by atoms with E-state index in [1.165, 1.54) is 0 Å². The summed E-state index contributed by atoms with van der Waals surface area (Å²) in [7, 11) is 0. The van der Waals surface area contributed by atoms with Gasteiger partial charge in [-0.1, -0.05) is 27.7 Å². The minimum Gasteiger partial charge on any atom is -0.299 e. The van der Waals surface area contributed by atoms with Gasteiger partial charge >= 0.3 is 0 Å². The first kappa shape index (κ1) is 11.4. The molecule has 2 nitrogen and oxygen atoms in total. The van der Waals surface area contributed by atoms with Crippen molar-refractivity contribution < 1.29 is 9.59 Å². The van der Waals surface area contributed by atoms with Crippen LogP contribution in [0.2, 0.25) is 0 Å². The number of Topliss-reactive ketones (excluding diaryl/α,β-unsaturated/α-hetero) is 2. The van der Waals surface area contributed by atoms with Gasteiger partial charge in [0.05, 0.1) is 5.92 Å². The van der Waals surface area contributed by atoms with E-state index >= 15 is 0 Å². The van der Waals surface area contributed by atoms with Crippen LogP contribution in [0.1, 0.15) is 47.0 Å². The molecule has 0 aromatic carbocycles. The van der Waals surface area contributed by atoms with Crippen LogP contribution in [0.3, 0.4) is 0 Å². The fourth-order valence-electron chi connectivity index (χ4n) is 2.31. The lowest BCUT2D eigenvalue weighted by atomic mass is 9.67. The number of hydrogen-bond donors (Lipinski definition) is 0. The second kappa shape index (κ2) is 3.84. The van der Waals surface area contributed by atoms with Crippen molar-refractivity contribution in [3.05, 3.63) is 0 Å². The van der Waals surface area contributed by atoms with E-state index in [4.69, 9.17) is 0 Å². The highest BCUT2D eigenvalue weighted by Crippen LogP contribution is 2.36. The fourth-order valence-corrected chi connectivity index (χ4v) is 2.31. The van der Waals surface area contributed by atoms with E-state index in [0.29, 0.717) is 6.42 Å². The molecule has 0 N–H and O–H groups in total. The predicted octanol–water partition coefficient (Wildman–Crippen LogP) is 2.61. The Morgan fingerprint density at radius 2 is 1.86 bits per heavy atom. The van der Waals surface area contributed by atoms with Crippen LogP contribution in [0.4, 0.5) is 0 Å².